The predicted octanol–water partition coefficient (Wildman–Crippen LogP) is 0.767. The van der Waals surface area contributed by atoms with Crippen molar-refractivity contribution in [2.75, 3.05) is 30.6 Å². The van der Waals surface area contributed by atoms with Crippen LogP contribution in [0.25, 0.3) is 0 Å². The van der Waals surface area contributed by atoms with Crippen molar-refractivity contribution in [1.82, 2.24) is 15.1 Å². The molecule has 152 valence electrons. The predicted molar refractivity (Wildman–Crippen MR) is 106 cm³/mol. The van der Waals surface area contributed by atoms with Crippen molar-refractivity contribution < 1.29 is 19.1 Å². The standard InChI is InChI=1S/C19H22N6O4/c1-29-10-9-20-17(26)13-24-12-14(11-21-24)22-19(28)16-7-8-18(27)25(23-16)15-5-3-2-4-6-15/h2-6,11-12H,7-10,13H2,1H3,(H,20,26)(H,22,28). The number of amides is 3. The molecule has 2 N–H and O–H groups in total. The first-order chi connectivity index (χ1) is 14.1. The maximum absolute atomic E-state index is 12.5. The fourth-order valence-corrected chi connectivity index (χ4v) is 2.70. The Kier molecular flexibility index (Phi) is 6.69. The molecule has 0 saturated carbocycles. The second kappa shape index (κ2) is 9.60. The van der Waals surface area contributed by atoms with Crippen LogP contribution in [0.1, 0.15) is 12.8 Å². The molecule has 1 aliphatic rings. The van der Waals surface area contributed by atoms with Crippen LogP contribution in [0.2, 0.25) is 0 Å². The second-order valence-electron chi connectivity index (χ2n) is 6.31. The molecule has 10 heteroatoms. The van der Waals surface area contributed by atoms with Crippen molar-refractivity contribution in [3.05, 3.63) is 42.7 Å². The molecule has 0 fully saturated rings. The number of ether oxygens (including phenoxy) is 1. The van der Waals surface area contributed by atoms with Gasteiger partial charge < -0.3 is 15.4 Å². The van der Waals surface area contributed by atoms with Gasteiger partial charge in [-0.05, 0) is 12.1 Å². The molecule has 0 bridgehead atoms. The zero-order valence-electron chi connectivity index (χ0n) is 16.0. The van der Waals surface area contributed by atoms with Gasteiger partial charge in [0.15, 0.2) is 0 Å². The van der Waals surface area contributed by atoms with Gasteiger partial charge in [-0.1, -0.05) is 18.2 Å². The number of methoxy groups -OCH3 is 1. The quantitative estimate of drug-likeness (QED) is 0.637. The molecule has 0 aliphatic carbocycles. The average Bonchev–Trinajstić information content (AvgIpc) is 3.15. The summed E-state index contributed by atoms with van der Waals surface area (Å²) in [6.45, 7) is 0.865. The summed E-state index contributed by atoms with van der Waals surface area (Å²) in [5, 5.41) is 14.9. The Hall–Kier alpha value is -3.53. The highest BCUT2D eigenvalue weighted by atomic mass is 16.5. The summed E-state index contributed by atoms with van der Waals surface area (Å²) in [5.41, 5.74) is 1.29. The number of anilines is 2. The molecule has 3 amide bonds. The average molecular weight is 398 g/mol. The van der Waals surface area contributed by atoms with Gasteiger partial charge in [0.2, 0.25) is 11.8 Å². The van der Waals surface area contributed by atoms with Gasteiger partial charge in [-0.15, -0.1) is 0 Å². The van der Waals surface area contributed by atoms with E-state index in [2.05, 4.69) is 20.8 Å². The minimum absolute atomic E-state index is 0.0246. The lowest BCUT2D eigenvalue weighted by Gasteiger charge is -2.22. The lowest BCUT2D eigenvalue weighted by molar-refractivity contribution is -0.122. The van der Waals surface area contributed by atoms with E-state index in [1.165, 1.54) is 15.9 Å². The van der Waals surface area contributed by atoms with Crippen molar-refractivity contribution >= 4 is 34.8 Å². The van der Waals surface area contributed by atoms with Crippen LogP contribution in [0, 0.1) is 0 Å². The van der Waals surface area contributed by atoms with Crippen LogP contribution in [-0.4, -0.2) is 53.5 Å². The Bertz CT molecular complexity index is 908. The van der Waals surface area contributed by atoms with Crippen molar-refractivity contribution in [2.45, 2.75) is 19.4 Å². The van der Waals surface area contributed by atoms with Gasteiger partial charge in [-0.25, -0.2) is 5.01 Å². The molecule has 3 rings (SSSR count). The van der Waals surface area contributed by atoms with Crippen LogP contribution in [0.5, 0.6) is 0 Å². The minimum atomic E-state index is -0.414. The largest absolute Gasteiger partial charge is 0.383 e. The van der Waals surface area contributed by atoms with Gasteiger partial charge in [0.25, 0.3) is 5.91 Å². The number of hydrogen-bond acceptors (Lipinski definition) is 6. The molecule has 2 aromatic rings. The third-order valence-corrected chi connectivity index (χ3v) is 4.12. The smallest absolute Gasteiger partial charge is 0.271 e. The highest BCUT2D eigenvalue weighted by Gasteiger charge is 2.25. The lowest BCUT2D eigenvalue weighted by atomic mass is 10.1. The summed E-state index contributed by atoms with van der Waals surface area (Å²) in [7, 11) is 1.56. The molecule has 1 aliphatic heterocycles. The zero-order chi connectivity index (χ0) is 20.6. The zero-order valence-corrected chi connectivity index (χ0v) is 16.0. The molecule has 0 radical (unpaired) electrons. The van der Waals surface area contributed by atoms with Crippen LogP contribution in [0.15, 0.2) is 47.8 Å². The Morgan fingerprint density at radius 3 is 2.76 bits per heavy atom. The van der Waals surface area contributed by atoms with Gasteiger partial charge in [-0.2, -0.15) is 10.2 Å². The van der Waals surface area contributed by atoms with Crippen molar-refractivity contribution in [2.24, 2.45) is 5.10 Å². The van der Waals surface area contributed by atoms with Crippen molar-refractivity contribution in [3.63, 3.8) is 0 Å². The van der Waals surface area contributed by atoms with E-state index >= 15 is 0 Å². The summed E-state index contributed by atoms with van der Waals surface area (Å²) in [6, 6.07) is 8.94. The molecule has 2 heterocycles. The minimum Gasteiger partial charge on any atom is -0.383 e. The Morgan fingerprint density at radius 1 is 1.21 bits per heavy atom. The monoisotopic (exact) mass is 398 g/mol. The fraction of sp³-hybridized carbons (Fsp3) is 0.316. The van der Waals surface area contributed by atoms with Gasteiger partial charge >= 0.3 is 0 Å². The number of carbonyl (C=O) groups is 3. The summed E-state index contributed by atoms with van der Waals surface area (Å²) < 4.78 is 6.29. The first kappa shape index (κ1) is 20.2. The van der Waals surface area contributed by atoms with Crippen LogP contribution < -0.4 is 15.6 Å². The number of hydrogen-bond donors (Lipinski definition) is 2. The van der Waals surface area contributed by atoms with E-state index < -0.39 is 5.91 Å². The SMILES string of the molecule is COCCNC(=O)Cn1cc(NC(=O)C2=NN(c3ccccc3)C(=O)CC2)cn1. The lowest BCUT2D eigenvalue weighted by Crippen LogP contribution is -2.36. The van der Waals surface area contributed by atoms with Crippen LogP contribution >= 0.6 is 0 Å². The van der Waals surface area contributed by atoms with Crippen molar-refractivity contribution in [3.8, 4) is 0 Å². The molecule has 10 nitrogen and oxygen atoms in total. The molecule has 1 aromatic heterocycles. The number of nitrogens with one attached hydrogen (secondary N) is 2. The van der Waals surface area contributed by atoms with E-state index in [4.69, 9.17) is 4.74 Å². The van der Waals surface area contributed by atoms with Crippen molar-refractivity contribution in [1.29, 1.82) is 0 Å². The number of benzene rings is 1. The van der Waals surface area contributed by atoms with E-state index in [0.717, 1.165) is 0 Å². The molecular weight excluding hydrogens is 376 g/mol. The fourth-order valence-electron chi connectivity index (χ4n) is 2.70. The van der Waals surface area contributed by atoms with Crippen LogP contribution in [0.3, 0.4) is 0 Å². The first-order valence-electron chi connectivity index (χ1n) is 9.11. The number of nitrogens with zero attached hydrogens (tertiary/aromatic N) is 4. The molecular formula is C19H22N6O4. The van der Waals surface area contributed by atoms with Gasteiger partial charge in [-0.3, -0.25) is 19.1 Å². The summed E-state index contributed by atoms with van der Waals surface area (Å²) in [5.74, 6) is -0.792. The molecule has 29 heavy (non-hydrogen) atoms. The van der Waals surface area contributed by atoms with E-state index in [-0.39, 0.29) is 36.9 Å². The van der Waals surface area contributed by atoms with Gasteiger partial charge in [0, 0.05) is 32.7 Å². The number of hydrazone groups is 1. The number of aromatic nitrogens is 2. The Morgan fingerprint density at radius 2 is 2.00 bits per heavy atom. The maximum Gasteiger partial charge on any atom is 0.271 e. The molecule has 1 aromatic carbocycles. The first-order valence-corrected chi connectivity index (χ1v) is 9.11. The molecule has 0 unspecified atom stereocenters. The topological polar surface area (TPSA) is 118 Å². The van der Waals surface area contributed by atoms with Crippen LogP contribution in [-0.2, 0) is 25.7 Å². The second-order valence-corrected chi connectivity index (χ2v) is 6.31. The summed E-state index contributed by atoms with van der Waals surface area (Å²) >= 11 is 0. The summed E-state index contributed by atoms with van der Waals surface area (Å²) in [4.78, 5) is 36.5. The normalized spacial score (nSPS) is 13.8. The third-order valence-electron chi connectivity index (χ3n) is 4.12. The Balaban J connectivity index is 1.61. The van der Waals surface area contributed by atoms with Gasteiger partial charge in [0.1, 0.15) is 12.3 Å². The van der Waals surface area contributed by atoms with E-state index in [0.29, 0.717) is 24.5 Å². The Labute approximate surface area is 167 Å². The highest BCUT2D eigenvalue weighted by molar-refractivity contribution is 6.44. The molecule has 0 atom stereocenters. The summed E-state index contributed by atoms with van der Waals surface area (Å²) in [6.07, 6.45) is 3.45. The van der Waals surface area contributed by atoms with Gasteiger partial charge in [0.05, 0.1) is 24.2 Å². The number of carbonyl (C=O) groups excluding carboxylic acids is 3. The molecule has 0 saturated heterocycles. The van der Waals surface area contributed by atoms with E-state index in [9.17, 15) is 14.4 Å². The van der Waals surface area contributed by atoms with E-state index in [1.54, 1.807) is 37.6 Å². The maximum atomic E-state index is 12.5. The van der Waals surface area contributed by atoms with E-state index in [1.807, 2.05) is 6.07 Å². The third kappa shape index (κ3) is 5.48. The number of rotatable bonds is 8. The highest BCUT2D eigenvalue weighted by Crippen LogP contribution is 2.20. The van der Waals surface area contributed by atoms with Crippen LogP contribution in [0.4, 0.5) is 11.4 Å². The number of para-hydroxylation sites is 1. The molecule has 0 spiro atoms.